The van der Waals surface area contributed by atoms with Gasteiger partial charge in [-0.2, -0.15) is 0 Å². The van der Waals surface area contributed by atoms with Gasteiger partial charge in [-0.25, -0.2) is 39.9 Å². The van der Waals surface area contributed by atoms with Gasteiger partial charge in [-0.05, 0) is 105 Å². The number of nitrogens with one attached hydrogen (secondary N) is 4. The molecule has 4 N–H and O–H groups in total. The van der Waals surface area contributed by atoms with Crippen LogP contribution in [0, 0.1) is 17.8 Å². The van der Waals surface area contributed by atoms with Crippen molar-refractivity contribution in [1.82, 2.24) is 39.9 Å². The maximum atomic E-state index is 12.9. The van der Waals surface area contributed by atoms with Gasteiger partial charge in [-0.15, -0.1) is 0 Å². The summed E-state index contributed by atoms with van der Waals surface area (Å²) in [6.07, 6.45) is 15.1. The van der Waals surface area contributed by atoms with Crippen LogP contribution in [-0.2, 0) is 70.5 Å². The van der Waals surface area contributed by atoms with E-state index in [9.17, 15) is 19.2 Å². The zero-order valence-corrected chi connectivity index (χ0v) is 62.0. The Morgan fingerprint density at radius 2 is 0.639 bits per heavy atom. The van der Waals surface area contributed by atoms with E-state index in [4.69, 9.17) is 39.9 Å². The first kappa shape index (κ1) is 72.9. The van der Waals surface area contributed by atoms with Crippen molar-refractivity contribution in [2.75, 3.05) is 21.3 Å². The standard InChI is InChI=1S/C26H27N3O.2C23H23N3O.C20H17N3O/c30-23(17-18-9-3-1-4-10-18)28-26-24(20-12-5-2-6-13-20)29-25-21-14-8-7-11-19(21)15-16-22(25)27-26;1-15(2)14-20(27)25-23-21(17-9-4-3-5-10-17)26-22-18-11-7-6-8-16(18)12-13-19(22)24-23;1-3-15(2)23(27)26-22-20(17-10-5-4-6-11-17)25-21-18-12-8-7-9-16(18)13-14-19(21)24-22;1-13(24)21-20-18(15-8-3-2-4-9-15)23-19-16-10-6-5-7-14(16)11-12-17(19)22-20/h2,5-8,11-14,18H,1,3-4,9-10,15-17H2,(H,27,28,30);3-11,15H,12-14H2,1-2H3,(H,24,25,27);4-12,15H,3,13-14H2,1-2H3,(H,24,26,27);2-10H,11-12H2,1H3,(H,21,22,24). The second-order valence-electron chi connectivity index (χ2n) is 28.8. The molecular formula is C92H90N12O4. The quantitative estimate of drug-likeness (QED) is 0.0799. The Morgan fingerprint density at radius 3 is 0.954 bits per heavy atom. The normalized spacial score (nSPS) is 13.6. The second-order valence-corrected chi connectivity index (χ2v) is 28.8. The van der Waals surface area contributed by atoms with Crippen molar-refractivity contribution in [3.05, 3.63) is 263 Å². The van der Waals surface area contributed by atoms with Crippen molar-refractivity contribution in [2.45, 2.75) is 137 Å². The molecule has 0 spiro atoms. The number of hydrogen-bond donors (Lipinski definition) is 4. The van der Waals surface area contributed by atoms with Gasteiger partial charge in [-0.3, -0.25) is 19.2 Å². The summed E-state index contributed by atoms with van der Waals surface area (Å²) in [5.41, 5.74) is 24.1. The summed E-state index contributed by atoms with van der Waals surface area (Å²) in [7, 11) is 0. The lowest BCUT2D eigenvalue weighted by atomic mass is 9.87. The predicted octanol–water partition coefficient (Wildman–Crippen LogP) is 19.5. The monoisotopic (exact) mass is 1430 g/mol. The van der Waals surface area contributed by atoms with Gasteiger partial charge in [-0.1, -0.05) is 265 Å². The number of aryl methyl sites for hydroxylation is 8. The van der Waals surface area contributed by atoms with E-state index >= 15 is 0 Å². The summed E-state index contributed by atoms with van der Waals surface area (Å²) in [5.74, 6) is 2.86. The molecule has 5 aliphatic rings. The smallest absolute Gasteiger partial charge is 0.228 e. The molecule has 1 fully saturated rings. The maximum Gasteiger partial charge on any atom is 0.228 e. The summed E-state index contributed by atoms with van der Waals surface area (Å²) in [6.45, 7) is 9.50. The van der Waals surface area contributed by atoms with Gasteiger partial charge in [0, 0.05) is 70.2 Å². The van der Waals surface area contributed by atoms with E-state index in [-0.39, 0.29) is 29.5 Å². The lowest BCUT2D eigenvalue weighted by Gasteiger charge is -2.22. The Bertz CT molecular complexity index is 5240. The van der Waals surface area contributed by atoms with Crippen LogP contribution in [0.5, 0.6) is 0 Å². The molecule has 0 saturated heterocycles. The van der Waals surface area contributed by atoms with Crippen LogP contribution in [0.15, 0.2) is 218 Å². The summed E-state index contributed by atoms with van der Waals surface area (Å²) in [6, 6.07) is 73.2. The fourth-order valence-electron chi connectivity index (χ4n) is 14.9. The molecule has 542 valence electrons. The lowest BCUT2D eigenvalue weighted by Crippen LogP contribution is -2.22. The average molecular weight is 1430 g/mol. The van der Waals surface area contributed by atoms with Crippen LogP contribution in [-0.4, -0.2) is 63.5 Å². The van der Waals surface area contributed by atoms with E-state index in [0.717, 1.165) is 178 Å². The second kappa shape index (κ2) is 34.0. The molecule has 4 amide bonds. The maximum absolute atomic E-state index is 12.9. The van der Waals surface area contributed by atoms with Gasteiger partial charge in [0.05, 0.1) is 45.6 Å². The number of carbonyl (C=O) groups is 4. The van der Waals surface area contributed by atoms with E-state index in [1.807, 2.05) is 167 Å². The third-order valence-corrected chi connectivity index (χ3v) is 20.6. The van der Waals surface area contributed by atoms with Crippen LogP contribution in [0.1, 0.15) is 131 Å². The Hall–Kier alpha value is -12.0. The van der Waals surface area contributed by atoms with Crippen LogP contribution >= 0.6 is 0 Å². The summed E-state index contributed by atoms with van der Waals surface area (Å²) in [4.78, 5) is 88.6. The third-order valence-electron chi connectivity index (χ3n) is 20.6. The Labute approximate surface area is 632 Å². The Morgan fingerprint density at radius 1 is 0.343 bits per heavy atom. The fourth-order valence-corrected chi connectivity index (χ4v) is 14.9. The van der Waals surface area contributed by atoms with Crippen molar-refractivity contribution in [3.8, 4) is 90.1 Å². The number of amides is 4. The van der Waals surface area contributed by atoms with E-state index < -0.39 is 0 Å². The van der Waals surface area contributed by atoms with Gasteiger partial charge < -0.3 is 21.3 Å². The summed E-state index contributed by atoms with van der Waals surface area (Å²) in [5, 5.41) is 12.0. The minimum absolute atomic E-state index is 0.0138. The highest BCUT2D eigenvalue weighted by Crippen LogP contribution is 2.41. The molecule has 5 aliphatic carbocycles. The first-order chi connectivity index (χ1) is 52.8. The van der Waals surface area contributed by atoms with Crippen molar-refractivity contribution in [2.24, 2.45) is 17.8 Å². The predicted molar refractivity (Wildman–Crippen MR) is 432 cm³/mol. The fraction of sp³-hybridized carbons (Fsp3) is 0.261. The van der Waals surface area contributed by atoms with E-state index in [1.165, 1.54) is 48.4 Å². The summed E-state index contributed by atoms with van der Waals surface area (Å²) >= 11 is 0. The number of rotatable bonds is 14. The zero-order chi connectivity index (χ0) is 74.5. The summed E-state index contributed by atoms with van der Waals surface area (Å²) < 4.78 is 0. The first-order valence-corrected chi connectivity index (χ1v) is 38.2. The first-order valence-electron chi connectivity index (χ1n) is 38.2. The molecule has 17 rings (SSSR count). The molecular weight excluding hydrogens is 1340 g/mol. The number of aromatic nitrogens is 8. The molecule has 4 heterocycles. The molecule has 0 aliphatic heterocycles. The van der Waals surface area contributed by atoms with Crippen LogP contribution in [0.25, 0.3) is 90.1 Å². The van der Waals surface area contributed by atoms with Crippen molar-refractivity contribution in [1.29, 1.82) is 0 Å². The molecule has 16 heteroatoms. The van der Waals surface area contributed by atoms with Gasteiger partial charge in [0.1, 0.15) is 22.8 Å². The highest BCUT2D eigenvalue weighted by molar-refractivity contribution is 5.97. The van der Waals surface area contributed by atoms with Gasteiger partial charge in [0.25, 0.3) is 0 Å². The lowest BCUT2D eigenvalue weighted by molar-refractivity contribution is -0.119. The number of nitrogens with zero attached hydrogens (tertiary/aromatic N) is 8. The minimum Gasteiger partial charge on any atom is -0.309 e. The van der Waals surface area contributed by atoms with E-state index in [1.54, 1.807) is 0 Å². The molecule has 16 nitrogen and oxygen atoms in total. The van der Waals surface area contributed by atoms with Crippen molar-refractivity contribution < 1.29 is 19.2 Å². The molecule has 8 aromatic carbocycles. The van der Waals surface area contributed by atoms with Crippen molar-refractivity contribution in [3.63, 3.8) is 0 Å². The number of carbonyl (C=O) groups excluding carboxylic acids is 4. The average Bonchev–Trinajstić information content (AvgIpc) is 0.774. The van der Waals surface area contributed by atoms with Crippen LogP contribution in [0.2, 0.25) is 0 Å². The third kappa shape index (κ3) is 17.1. The molecule has 4 aromatic heterocycles. The van der Waals surface area contributed by atoms with E-state index in [0.29, 0.717) is 53.6 Å². The molecule has 1 saturated carbocycles. The SMILES string of the molecule is CC(=O)Nc1nc2c(nc1-c1ccccc1)-c1ccccc1CC2.CC(C)CC(=O)Nc1nc2c(nc1-c1ccccc1)-c1ccccc1CC2.CCC(C)C(=O)Nc1nc2c(nc1-c1ccccc1)-c1ccccc1CC2.O=C(CC1CCCCC1)Nc1nc2c(nc1-c1ccccc1)-c1ccccc1CC2. The number of benzene rings is 8. The zero-order valence-electron chi connectivity index (χ0n) is 62.0. The number of hydrogen-bond acceptors (Lipinski definition) is 12. The molecule has 12 aromatic rings. The molecule has 0 radical (unpaired) electrons. The van der Waals surface area contributed by atoms with Crippen LogP contribution in [0.4, 0.5) is 23.3 Å². The molecule has 1 atom stereocenters. The van der Waals surface area contributed by atoms with Gasteiger partial charge >= 0.3 is 0 Å². The minimum atomic E-state index is -0.141. The molecule has 108 heavy (non-hydrogen) atoms. The Kier molecular flexibility index (Phi) is 23.0. The van der Waals surface area contributed by atoms with Crippen molar-refractivity contribution >= 4 is 46.9 Å². The Balaban J connectivity index is 0.000000121. The van der Waals surface area contributed by atoms with Gasteiger partial charge in [0.15, 0.2) is 23.3 Å². The molecule has 0 bridgehead atoms. The number of fused-ring (bicyclic) bond motifs is 12. The van der Waals surface area contributed by atoms with Gasteiger partial charge in [0.2, 0.25) is 23.6 Å². The largest absolute Gasteiger partial charge is 0.309 e. The van der Waals surface area contributed by atoms with Crippen LogP contribution < -0.4 is 21.3 Å². The van der Waals surface area contributed by atoms with Crippen LogP contribution in [0.3, 0.4) is 0 Å². The molecule has 1 unspecified atom stereocenters. The number of anilines is 4. The highest BCUT2D eigenvalue weighted by atomic mass is 16.2. The van der Waals surface area contributed by atoms with E-state index in [2.05, 4.69) is 100 Å². The highest BCUT2D eigenvalue weighted by Gasteiger charge is 2.29. The topological polar surface area (TPSA) is 220 Å².